The van der Waals surface area contributed by atoms with Crippen molar-refractivity contribution in [2.75, 3.05) is 0 Å². The van der Waals surface area contributed by atoms with Gasteiger partial charge in [-0.3, -0.25) is 0 Å². The molecule has 0 nitrogen and oxygen atoms in total. The molecule has 0 heterocycles. The van der Waals surface area contributed by atoms with Gasteiger partial charge in [-0.05, 0) is 24.0 Å². The molecular formula is C12H15F3. The summed E-state index contributed by atoms with van der Waals surface area (Å²) >= 11 is 0. The molecule has 0 N–H and O–H groups in total. The molecule has 0 aliphatic carbocycles. The summed E-state index contributed by atoms with van der Waals surface area (Å²) in [6.07, 6.45) is -3.12. The van der Waals surface area contributed by atoms with Crippen molar-refractivity contribution in [3.8, 4) is 0 Å². The van der Waals surface area contributed by atoms with Crippen LogP contribution >= 0.6 is 0 Å². The van der Waals surface area contributed by atoms with Crippen LogP contribution in [0.2, 0.25) is 0 Å². The third kappa shape index (κ3) is 3.57. The van der Waals surface area contributed by atoms with Crippen LogP contribution in [0.25, 0.3) is 0 Å². The average Bonchev–Trinajstić information content (AvgIpc) is 2.17. The Morgan fingerprint density at radius 2 is 1.53 bits per heavy atom. The fraction of sp³-hybridized carbons (Fsp3) is 0.500. The maximum Gasteiger partial charge on any atom is 0.391 e. The van der Waals surface area contributed by atoms with Crippen LogP contribution in [0.15, 0.2) is 24.3 Å². The predicted octanol–water partition coefficient (Wildman–Crippen LogP) is 3.99. The topological polar surface area (TPSA) is 0 Å². The average molecular weight is 216 g/mol. The fourth-order valence-corrected chi connectivity index (χ4v) is 1.38. The molecule has 0 spiro atoms. The first-order chi connectivity index (χ1) is 6.93. The molecule has 0 saturated heterocycles. The predicted molar refractivity (Wildman–Crippen MR) is 54.7 cm³/mol. The highest BCUT2D eigenvalue weighted by atomic mass is 19.4. The molecule has 0 aliphatic heterocycles. The van der Waals surface area contributed by atoms with Crippen molar-refractivity contribution in [3.63, 3.8) is 0 Å². The first-order valence-electron chi connectivity index (χ1n) is 5.08. The van der Waals surface area contributed by atoms with E-state index in [0.717, 1.165) is 17.5 Å². The molecule has 0 radical (unpaired) electrons. The largest absolute Gasteiger partial charge is 0.391 e. The normalized spacial score (nSPS) is 13.9. The van der Waals surface area contributed by atoms with E-state index in [9.17, 15) is 13.2 Å². The summed E-state index contributed by atoms with van der Waals surface area (Å²) in [5, 5.41) is 0. The molecule has 0 saturated carbocycles. The number of hydrogen-bond acceptors (Lipinski definition) is 0. The van der Waals surface area contributed by atoms with E-state index in [1.54, 1.807) is 12.1 Å². The van der Waals surface area contributed by atoms with Gasteiger partial charge in [-0.1, -0.05) is 38.1 Å². The Balaban J connectivity index is 2.65. The van der Waals surface area contributed by atoms with E-state index in [1.165, 1.54) is 6.92 Å². The lowest BCUT2D eigenvalue weighted by Gasteiger charge is -2.15. The van der Waals surface area contributed by atoms with Crippen LogP contribution in [0.4, 0.5) is 13.2 Å². The van der Waals surface area contributed by atoms with E-state index in [1.807, 2.05) is 19.1 Å². The van der Waals surface area contributed by atoms with Gasteiger partial charge in [0.15, 0.2) is 0 Å². The Bertz CT molecular complexity index is 298. The maximum absolute atomic E-state index is 12.3. The molecule has 0 bridgehead atoms. The third-order valence-corrected chi connectivity index (χ3v) is 2.53. The van der Waals surface area contributed by atoms with Gasteiger partial charge in [0.1, 0.15) is 0 Å². The minimum absolute atomic E-state index is 0.0630. The number of benzene rings is 1. The number of alkyl halides is 3. The van der Waals surface area contributed by atoms with Crippen molar-refractivity contribution in [2.24, 2.45) is 5.92 Å². The second-order valence-corrected chi connectivity index (χ2v) is 3.82. The molecule has 1 aromatic rings. The Kier molecular flexibility index (Phi) is 3.77. The molecule has 1 aromatic carbocycles. The fourth-order valence-electron chi connectivity index (χ4n) is 1.38. The number of aryl methyl sites for hydroxylation is 1. The highest BCUT2D eigenvalue weighted by Crippen LogP contribution is 2.28. The van der Waals surface area contributed by atoms with E-state index >= 15 is 0 Å². The lowest BCUT2D eigenvalue weighted by Crippen LogP contribution is -2.21. The van der Waals surface area contributed by atoms with Crippen LogP contribution in [0.3, 0.4) is 0 Å². The minimum atomic E-state index is -4.09. The van der Waals surface area contributed by atoms with E-state index in [2.05, 4.69) is 0 Å². The quantitative estimate of drug-likeness (QED) is 0.716. The van der Waals surface area contributed by atoms with Gasteiger partial charge >= 0.3 is 6.18 Å². The Morgan fingerprint density at radius 3 is 1.93 bits per heavy atom. The zero-order valence-electron chi connectivity index (χ0n) is 8.93. The SMILES string of the molecule is CCc1ccc(CC(C)C(F)(F)F)cc1. The molecule has 1 atom stereocenters. The smallest absolute Gasteiger partial charge is 0.171 e. The van der Waals surface area contributed by atoms with Crippen LogP contribution in [0, 0.1) is 5.92 Å². The van der Waals surface area contributed by atoms with E-state index in [0.29, 0.717) is 0 Å². The first kappa shape index (κ1) is 12.1. The number of halogens is 3. The van der Waals surface area contributed by atoms with Gasteiger partial charge in [-0.15, -0.1) is 0 Å². The molecule has 0 aromatic heterocycles. The zero-order valence-corrected chi connectivity index (χ0v) is 8.93. The molecule has 0 fully saturated rings. The Labute approximate surface area is 88.1 Å². The molecule has 15 heavy (non-hydrogen) atoms. The second-order valence-electron chi connectivity index (χ2n) is 3.82. The standard InChI is InChI=1S/C12H15F3/c1-3-10-4-6-11(7-5-10)8-9(2)12(13,14)15/h4-7,9H,3,8H2,1-2H3. The molecule has 3 heteroatoms. The summed E-state index contributed by atoms with van der Waals surface area (Å²) in [5.41, 5.74) is 1.90. The van der Waals surface area contributed by atoms with Gasteiger partial charge < -0.3 is 0 Å². The zero-order chi connectivity index (χ0) is 11.5. The molecule has 0 amide bonds. The Morgan fingerprint density at radius 1 is 1.07 bits per heavy atom. The van der Waals surface area contributed by atoms with Crippen molar-refractivity contribution in [1.82, 2.24) is 0 Å². The molecule has 84 valence electrons. The first-order valence-corrected chi connectivity index (χ1v) is 5.08. The molecule has 1 unspecified atom stereocenters. The van der Waals surface area contributed by atoms with Gasteiger partial charge in [0, 0.05) is 0 Å². The van der Waals surface area contributed by atoms with Crippen molar-refractivity contribution in [1.29, 1.82) is 0 Å². The third-order valence-electron chi connectivity index (χ3n) is 2.53. The summed E-state index contributed by atoms with van der Waals surface area (Å²) in [6.45, 7) is 3.24. The number of hydrogen-bond donors (Lipinski definition) is 0. The summed E-state index contributed by atoms with van der Waals surface area (Å²) in [4.78, 5) is 0. The highest BCUT2D eigenvalue weighted by molar-refractivity contribution is 5.22. The van der Waals surface area contributed by atoms with Crippen molar-refractivity contribution < 1.29 is 13.2 Å². The molecule has 0 aliphatic rings. The minimum Gasteiger partial charge on any atom is -0.171 e. The van der Waals surface area contributed by atoms with Crippen molar-refractivity contribution in [2.45, 2.75) is 32.9 Å². The summed E-state index contributed by atoms with van der Waals surface area (Å²) < 4.78 is 36.8. The summed E-state index contributed by atoms with van der Waals surface area (Å²) in [5.74, 6) is -1.27. The van der Waals surface area contributed by atoms with Gasteiger partial charge in [0.05, 0.1) is 5.92 Å². The highest BCUT2D eigenvalue weighted by Gasteiger charge is 2.35. The molecule has 1 rings (SSSR count). The lowest BCUT2D eigenvalue weighted by molar-refractivity contribution is -0.169. The second kappa shape index (κ2) is 4.69. The lowest BCUT2D eigenvalue weighted by atomic mass is 9.99. The van der Waals surface area contributed by atoms with Crippen molar-refractivity contribution >= 4 is 0 Å². The summed E-state index contributed by atoms with van der Waals surface area (Å²) in [7, 11) is 0. The summed E-state index contributed by atoms with van der Waals surface area (Å²) in [6, 6.07) is 7.33. The van der Waals surface area contributed by atoms with Gasteiger partial charge in [-0.2, -0.15) is 13.2 Å². The van der Waals surface area contributed by atoms with E-state index in [4.69, 9.17) is 0 Å². The van der Waals surface area contributed by atoms with Crippen LogP contribution in [0.1, 0.15) is 25.0 Å². The van der Waals surface area contributed by atoms with E-state index in [-0.39, 0.29) is 6.42 Å². The van der Waals surface area contributed by atoms with Gasteiger partial charge in [0.25, 0.3) is 0 Å². The maximum atomic E-state index is 12.3. The van der Waals surface area contributed by atoms with Crippen LogP contribution in [-0.2, 0) is 12.8 Å². The van der Waals surface area contributed by atoms with Crippen LogP contribution in [0.5, 0.6) is 0 Å². The monoisotopic (exact) mass is 216 g/mol. The van der Waals surface area contributed by atoms with Crippen LogP contribution < -0.4 is 0 Å². The van der Waals surface area contributed by atoms with Crippen molar-refractivity contribution in [3.05, 3.63) is 35.4 Å². The Hall–Kier alpha value is -0.990. The molecular weight excluding hydrogens is 201 g/mol. The van der Waals surface area contributed by atoms with Gasteiger partial charge in [0.2, 0.25) is 0 Å². The number of rotatable bonds is 3. The van der Waals surface area contributed by atoms with E-state index < -0.39 is 12.1 Å². The van der Waals surface area contributed by atoms with Crippen LogP contribution in [-0.4, -0.2) is 6.18 Å². The van der Waals surface area contributed by atoms with Gasteiger partial charge in [-0.25, -0.2) is 0 Å².